The van der Waals surface area contributed by atoms with Crippen LogP contribution in [0.2, 0.25) is 0 Å². The number of hydrogen-bond donors (Lipinski definition) is 1. The Morgan fingerprint density at radius 1 is 1.39 bits per heavy atom. The molecule has 0 aliphatic heterocycles. The number of benzene rings is 1. The molecule has 0 aliphatic rings. The first-order valence-corrected chi connectivity index (χ1v) is 6.22. The second-order valence-corrected chi connectivity index (χ2v) is 4.62. The topological polar surface area (TPSA) is 40.5 Å². The van der Waals surface area contributed by atoms with Gasteiger partial charge in [-0.15, -0.1) is 6.58 Å². The van der Waals surface area contributed by atoms with Gasteiger partial charge in [-0.2, -0.15) is 0 Å². The Morgan fingerprint density at radius 3 is 2.44 bits per heavy atom. The largest absolute Gasteiger partial charge is 0.481 e. The summed E-state index contributed by atoms with van der Waals surface area (Å²) in [4.78, 5) is 12.6. The van der Waals surface area contributed by atoms with Gasteiger partial charge in [-0.1, -0.05) is 32.1 Å². The van der Waals surface area contributed by atoms with E-state index >= 15 is 0 Å². The van der Waals surface area contributed by atoms with Crippen molar-refractivity contribution in [2.75, 3.05) is 18.0 Å². The van der Waals surface area contributed by atoms with E-state index in [-0.39, 0.29) is 6.42 Å². The van der Waals surface area contributed by atoms with Gasteiger partial charge in [-0.05, 0) is 23.6 Å². The van der Waals surface area contributed by atoms with Gasteiger partial charge in [0.05, 0.1) is 6.42 Å². The highest BCUT2D eigenvalue weighted by Gasteiger charge is 2.07. The van der Waals surface area contributed by atoms with Gasteiger partial charge in [-0.3, -0.25) is 4.79 Å². The minimum absolute atomic E-state index is 0.139. The van der Waals surface area contributed by atoms with E-state index in [0.29, 0.717) is 19.0 Å². The number of rotatable bonds is 7. The minimum atomic E-state index is -0.775. The molecule has 1 aromatic rings. The van der Waals surface area contributed by atoms with E-state index in [2.05, 4.69) is 32.6 Å². The van der Waals surface area contributed by atoms with E-state index in [9.17, 15) is 4.79 Å². The molecule has 0 saturated heterocycles. The first-order valence-electron chi connectivity index (χ1n) is 6.22. The van der Waals surface area contributed by atoms with Crippen LogP contribution in [0.1, 0.15) is 31.7 Å². The van der Waals surface area contributed by atoms with Gasteiger partial charge < -0.3 is 10.0 Å². The lowest BCUT2D eigenvalue weighted by Gasteiger charge is -2.23. The molecule has 0 bridgehead atoms. The molecule has 0 unspecified atom stereocenters. The summed E-state index contributed by atoms with van der Waals surface area (Å²) < 4.78 is 0. The molecule has 0 heterocycles. The molecule has 0 amide bonds. The van der Waals surface area contributed by atoms with Crippen molar-refractivity contribution in [1.82, 2.24) is 0 Å². The van der Waals surface area contributed by atoms with Crippen LogP contribution in [0, 0.1) is 0 Å². The molecule has 3 nitrogen and oxygen atoms in total. The fraction of sp³-hybridized carbons (Fsp3) is 0.400. The van der Waals surface area contributed by atoms with Gasteiger partial charge in [0, 0.05) is 18.8 Å². The lowest BCUT2D eigenvalue weighted by molar-refractivity contribution is -0.136. The Morgan fingerprint density at radius 2 is 2.00 bits per heavy atom. The van der Waals surface area contributed by atoms with Gasteiger partial charge >= 0.3 is 5.97 Å². The van der Waals surface area contributed by atoms with Gasteiger partial charge in [-0.25, -0.2) is 0 Å². The van der Waals surface area contributed by atoms with Crippen LogP contribution in [0.25, 0.3) is 0 Å². The third-order valence-electron chi connectivity index (χ3n) is 2.87. The van der Waals surface area contributed by atoms with Gasteiger partial charge in [0.2, 0.25) is 0 Å². The van der Waals surface area contributed by atoms with Crippen LogP contribution < -0.4 is 4.90 Å². The molecule has 1 rings (SSSR count). The number of hydrogen-bond acceptors (Lipinski definition) is 2. The lowest BCUT2D eigenvalue weighted by atomic mass is 10.0. The Bertz CT molecular complexity index is 395. The van der Waals surface area contributed by atoms with Crippen molar-refractivity contribution in [1.29, 1.82) is 0 Å². The van der Waals surface area contributed by atoms with Crippen molar-refractivity contribution < 1.29 is 9.90 Å². The monoisotopic (exact) mass is 247 g/mol. The molecule has 18 heavy (non-hydrogen) atoms. The zero-order valence-electron chi connectivity index (χ0n) is 11.1. The van der Waals surface area contributed by atoms with Crippen LogP contribution in [-0.4, -0.2) is 24.2 Å². The molecule has 0 aliphatic carbocycles. The molecule has 98 valence electrons. The molecule has 0 fully saturated rings. The van der Waals surface area contributed by atoms with E-state index in [4.69, 9.17) is 5.11 Å². The predicted molar refractivity (Wildman–Crippen MR) is 75.2 cm³/mol. The van der Waals surface area contributed by atoms with Crippen LogP contribution in [0.5, 0.6) is 0 Å². The van der Waals surface area contributed by atoms with Crippen molar-refractivity contribution >= 4 is 11.7 Å². The highest BCUT2D eigenvalue weighted by Crippen LogP contribution is 2.20. The van der Waals surface area contributed by atoms with Crippen molar-refractivity contribution in [3.63, 3.8) is 0 Å². The molecule has 0 saturated carbocycles. The highest BCUT2D eigenvalue weighted by atomic mass is 16.4. The summed E-state index contributed by atoms with van der Waals surface area (Å²) >= 11 is 0. The fourth-order valence-electron chi connectivity index (χ4n) is 1.78. The summed E-state index contributed by atoms with van der Waals surface area (Å²) in [6.45, 7) is 9.18. The number of aliphatic carboxylic acids is 1. The molecule has 0 radical (unpaired) electrons. The number of carbonyl (C=O) groups is 1. The number of anilines is 1. The predicted octanol–water partition coefficient (Wildman–Crippen LogP) is 3.28. The van der Waals surface area contributed by atoms with Crippen molar-refractivity contribution in [2.45, 2.75) is 26.2 Å². The smallest absolute Gasteiger partial charge is 0.305 e. The van der Waals surface area contributed by atoms with Crippen molar-refractivity contribution in [2.24, 2.45) is 0 Å². The van der Waals surface area contributed by atoms with Gasteiger partial charge in [0.25, 0.3) is 0 Å². The Kier molecular flexibility index (Phi) is 5.43. The molecule has 0 atom stereocenters. The zero-order chi connectivity index (χ0) is 13.5. The van der Waals surface area contributed by atoms with E-state index in [0.717, 1.165) is 5.69 Å². The summed E-state index contributed by atoms with van der Waals surface area (Å²) in [5, 5.41) is 8.74. The second-order valence-electron chi connectivity index (χ2n) is 4.62. The van der Waals surface area contributed by atoms with Crippen LogP contribution >= 0.6 is 0 Å². The molecule has 3 heteroatoms. The maximum atomic E-state index is 10.6. The normalized spacial score (nSPS) is 10.4. The maximum Gasteiger partial charge on any atom is 0.305 e. The van der Waals surface area contributed by atoms with E-state index in [1.54, 1.807) is 6.08 Å². The summed E-state index contributed by atoms with van der Waals surface area (Å²) in [6, 6.07) is 8.27. The Balaban J connectivity index is 2.78. The van der Waals surface area contributed by atoms with Crippen LogP contribution in [0.3, 0.4) is 0 Å². The Hall–Kier alpha value is -1.77. The molecule has 0 spiro atoms. The SMILES string of the molecule is C=CCN(CCC(=O)O)c1ccc(C(C)C)cc1. The third-order valence-corrected chi connectivity index (χ3v) is 2.87. The lowest BCUT2D eigenvalue weighted by Crippen LogP contribution is -2.26. The van der Waals surface area contributed by atoms with Crippen LogP contribution in [-0.2, 0) is 4.79 Å². The Labute approximate surface area is 109 Å². The summed E-state index contributed by atoms with van der Waals surface area (Å²) in [7, 11) is 0. The van der Waals surface area contributed by atoms with Crippen LogP contribution in [0.4, 0.5) is 5.69 Å². The highest BCUT2D eigenvalue weighted by molar-refractivity contribution is 5.67. The molecule has 1 aromatic carbocycles. The summed E-state index contributed by atoms with van der Waals surface area (Å²) in [5.41, 5.74) is 2.33. The quantitative estimate of drug-likeness (QED) is 0.752. The molecule has 0 aromatic heterocycles. The van der Waals surface area contributed by atoms with E-state index < -0.39 is 5.97 Å². The van der Waals surface area contributed by atoms with Crippen LogP contribution in [0.15, 0.2) is 36.9 Å². The summed E-state index contributed by atoms with van der Waals surface area (Å²) in [6.07, 6.45) is 1.93. The van der Waals surface area contributed by atoms with E-state index in [1.807, 2.05) is 17.0 Å². The number of nitrogens with zero attached hydrogens (tertiary/aromatic N) is 1. The van der Waals surface area contributed by atoms with E-state index in [1.165, 1.54) is 5.56 Å². The second kappa shape index (κ2) is 6.84. The van der Waals surface area contributed by atoms with Crippen molar-refractivity contribution in [3.05, 3.63) is 42.5 Å². The number of carboxylic acids is 1. The average molecular weight is 247 g/mol. The first kappa shape index (κ1) is 14.3. The summed E-state index contributed by atoms with van der Waals surface area (Å²) in [5.74, 6) is -0.270. The minimum Gasteiger partial charge on any atom is -0.481 e. The fourth-order valence-corrected chi connectivity index (χ4v) is 1.78. The third kappa shape index (κ3) is 4.24. The standard InChI is InChI=1S/C15H21NO2/c1-4-10-16(11-9-15(17)18)14-7-5-13(6-8-14)12(2)3/h4-8,12H,1,9-11H2,2-3H3,(H,17,18). The maximum absolute atomic E-state index is 10.6. The zero-order valence-corrected chi connectivity index (χ0v) is 11.1. The molecular formula is C15H21NO2. The van der Waals surface area contributed by atoms with Gasteiger partial charge in [0.15, 0.2) is 0 Å². The first-order chi connectivity index (χ1) is 8.54. The molecule has 1 N–H and O–H groups in total. The van der Waals surface area contributed by atoms with Crippen molar-refractivity contribution in [3.8, 4) is 0 Å². The molecular weight excluding hydrogens is 226 g/mol. The number of carboxylic acid groups (broad SMARTS) is 1. The van der Waals surface area contributed by atoms with Gasteiger partial charge in [0.1, 0.15) is 0 Å². The average Bonchev–Trinajstić information content (AvgIpc) is 2.34.